The van der Waals surface area contributed by atoms with Crippen LogP contribution in [0.3, 0.4) is 0 Å². The highest BCUT2D eigenvalue weighted by Gasteiger charge is 2.54. The number of amides is 2. The van der Waals surface area contributed by atoms with Crippen molar-refractivity contribution in [3.63, 3.8) is 0 Å². The Bertz CT molecular complexity index is 560. The molecule has 6 aliphatic rings. The molecule has 1 unspecified atom stereocenters. The molecule has 5 saturated carbocycles. The summed E-state index contributed by atoms with van der Waals surface area (Å²) in [5.74, 6) is 3.37. The van der Waals surface area contributed by atoms with E-state index in [4.69, 9.17) is 0 Å². The average Bonchev–Trinajstić information content (AvgIpc) is 3.15. The van der Waals surface area contributed by atoms with Crippen LogP contribution in [0.5, 0.6) is 0 Å². The summed E-state index contributed by atoms with van der Waals surface area (Å²) in [7, 11) is 0. The number of nitrogens with zero attached hydrogens (tertiary/aromatic N) is 1. The summed E-state index contributed by atoms with van der Waals surface area (Å²) >= 11 is 0. The van der Waals surface area contributed by atoms with Gasteiger partial charge < -0.3 is 10.2 Å². The van der Waals surface area contributed by atoms with E-state index in [0.717, 1.165) is 50.0 Å². The molecule has 2 amide bonds. The summed E-state index contributed by atoms with van der Waals surface area (Å²) in [4.78, 5) is 28.2. The van der Waals surface area contributed by atoms with E-state index in [-0.39, 0.29) is 23.8 Å². The molecular formula is C23H36N2O2. The monoisotopic (exact) mass is 372 g/mol. The number of carbonyl (C=O) groups is 2. The molecule has 1 heterocycles. The van der Waals surface area contributed by atoms with E-state index in [1.54, 1.807) is 0 Å². The maximum atomic E-state index is 13.1. The van der Waals surface area contributed by atoms with Crippen LogP contribution in [-0.4, -0.2) is 35.8 Å². The second kappa shape index (κ2) is 7.08. The highest BCUT2D eigenvalue weighted by atomic mass is 16.2. The Morgan fingerprint density at radius 3 is 2.11 bits per heavy atom. The van der Waals surface area contributed by atoms with Crippen LogP contribution < -0.4 is 5.32 Å². The van der Waals surface area contributed by atoms with Gasteiger partial charge in [0.2, 0.25) is 11.8 Å². The van der Waals surface area contributed by atoms with Crippen LogP contribution in [0.1, 0.15) is 83.5 Å². The second-order valence-corrected chi connectivity index (χ2v) is 10.6. The van der Waals surface area contributed by atoms with Gasteiger partial charge >= 0.3 is 0 Å². The fourth-order valence-electron chi connectivity index (χ4n) is 7.94. The second-order valence-electron chi connectivity index (χ2n) is 10.6. The predicted molar refractivity (Wildman–Crippen MR) is 105 cm³/mol. The Kier molecular flexibility index (Phi) is 4.72. The molecule has 0 aromatic carbocycles. The molecule has 0 spiro atoms. The van der Waals surface area contributed by atoms with Gasteiger partial charge in [-0.3, -0.25) is 9.59 Å². The Labute approximate surface area is 163 Å². The molecule has 6 rings (SSSR count). The van der Waals surface area contributed by atoms with Gasteiger partial charge in [-0.2, -0.15) is 0 Å². The molecule has 4 bridgehead atoms. The summed E-state index contributed by atoms with van der Waals surface area (Å²) in [6.45, 7) is 1.12. The molecule has 5 aliphatic carbocycles. The molecule has 0 aromatic rings. The zero-order valence-corrected chi connectivity index (χ0v) is 16.8. The van der Waals surface area contributed by atoms with Crippen LogP contribution >= 0.6 is 0 Å². The molecule has 6 fully saturated rings. The number of rotatable bonds is 4. The van der Waals surface area contributed by atoms with E-state index in [2.05, 4.69) is 10.2 Å². The van der Waals surface area contributed by atoms with E-state index in [1.807, 2.05) is 0 Å². The lowest BCUT2D eigenvalue weighted by Crippen LogP contribution is -2.55. The van der Waals surface area contributed by atoms with E-state index < -0.39 is 0 Å². The van der Waals surface area contributed by atoms with Crippen molar-refractivity contribution >= 4 is 11.8 Å². The fraction of sp³-hybridized carbons (Fsp3) is 0.913. The molecule has 1 aliphatic heterocycles. The van der Waals surface area contributed by atoms with Crippen molar-refractivity contribution < 1.29 is 9.59 Å². The Hall–Kier alpha value is -1.06. The minimum atomic E-state index is -0.136. The molecular weight excluding hydrogens is 336 g/mol. The number of hydrogen-bond acceptors (Lipinski definition) is 2. The summed E-state index contributed by atoms with van der Waals surface area (Å²) in [6.07, 6.45) is 16.2. The Balaban J connectivity index is 1.18. The van der Waals surface area contributed by atoms with Crippen molar-refractivity contribution in [2.45, 2.75) is 89.5 Å². The first-order chi connectivity index (χ1) is 13.1. The molecule has 27 heavy (non-hydrogen) atoms. The molecule has 4 nitrogen and oxygen atoms in total. The third-order valence-corrected chi connectivity index (χ3v) is 8.73. The summed E-state index contributed by atoms with van der Waals surface area (Å²) in [6, 6.07) is 0.439. The molecule has 1 saturated heterocycles. The van der Waals surface area contributed by atoms with Gasteiger partial charge in [0.25, 0.3) is 0 Å². The van der Waals surface area contributed by atoms with Crippen molar-refractivity contribution in [3.8, 4) is 0 Å². The van der Waals surface area contributed by atoms with Gasteiger partial charge in [-0.05, 0) is 87.9 Å². The van der Waals surface area contributed by atoms with Crippen molar-refractivity contribution in [1.82, 2.24) is 10.2 Å². The van der Waals surface area contributed by atoms with Crippen molar-refractivity contribution in [2.75, 3.05) is 13.1 Å². The minimum Gasteiger partial charge on any atom is -0.347 e. The van der Waals surface area contributed by atoms with Crippen molar-refractivity contribution in [2.24, 2.45) is 29.1 Å². The minimum absolute atomic E-state index is 0.136. The topological polar surface area (TPSA) is 49.4 Å². The standard InChI is InChI=1S/C23H36N2O2/c26-21(25-8-4-7-20(25)19-5-2-1-3-6-19)15-24-22(27)23-12-16-9-17(13-23)11-18(10-16)14-23/h16-20H,1-15H2,(H,24,27). The van der Waals surface area contributed by atoms with Gasteiger partial charge in [-0.15, -0.1) is 0 Å². The molecule has 0 aromatic heterocycles. The normalized spacial score (nSPS) is 41.1. The highest BCUT2D eigenvalue weighted by Crippen LogP contribution is 2.60. The average molecular weight is 373 g/mol. The van der Waals surface area contributed by atoms with Gasteiger partial charge in [0.05, 0.1) is 6.54 Å². The molecule has 1 atom stereocenters. The number of nitrogens with one attached hydrogen (secondary N) is 1. The van der Waals surface area contributed by atoms with Crippen LogP contribution in [0, 0.1) is 29.1 Å². The van der Waals surface area contributed by atoms with Crippen LogP contribution in [0.4, 0.5) is 0 Å². The molecule has 4 heteroatoms. The van der Waals surface area contributed by atoms with Gasteiger partial charge in [0.1, 0.15) is 0 Å². The lowest BCUT2D eigenvalue weighted by atomic mass is 9.49. The third kappa shape index (κ3) is 3.31. The van der Waals surface area contributed by atoms with Gasteiger partial charge in [0.15, 0.2) is 0 Å². The van der Waals surface area contributed by atoms with Crippen LogP contribution in [0.15, 0.2) is 0 Å². The maximum absolute atomic E-state index is 13.1. The molecule has 150 valence electrons. The molecule has 1 N–H and O–H groups in total. The summed E-state index contributed by atoms with van der Waals surface area (Å²) in [5.41, 5.74) is -0.136. The zero-order chi connectivity index (χ0) is 18.4. The Morgan fingerprint density at radius 2 is 1.48 bits per heavy atom. The quantitative estimate of drug-likeness (QED) is 0.814. The lowest BCUT2D eigenvalue weighted by molar-refractivity contribution is -0.148. The van der Waals surface area contributed by atoms with E-state index in [1.165, 1.54) is 57.8 Å². The number of carbonyl (C=O) groups excluding carboxylic acids is 2. The van der Waals surface area contributed by atoms with Crippen molar-refractivity contribution in [1.29, 1.82) is 0 Å². The van der Waals surface area contributed by atoms with E-state index >= 15 is 0 Å². The molecule has 0 radical (unpaired) electrons. The van der Waals surface area contributed by atoms with Crippen molar-refractivity contribution in [3.05, 3.63) is 0 Å². The summed E-state index contributed by atoms with van der Waals surface area (Å²) < 4.78 is 0. The summed E-state index contributed by atoms with van der Waals surface area (Å²) in [5, 5.41) is 3.11. The highest BCUT2D eigenvalue weighted by molar-refractivity contribution is 5.88. The Morgan fingerprint density at radius 1 is 0.852 bits per heavy atom. The third-order valence-electron chi connectivity index (χ3n) is 8.73. The largest absolute Gasteiger partial charge is 0.347 e. The van der Waals surface area contributed by atoms with E-state index in [0.29, 0.717) is 12.0 Å². The van der Waals surface area contributed by atoms with Crippen LogP contribution in [0.25, 0.3) is 0 Å². The SMILES string of the molecule is O=C(CNC(=O)C12CC3CC(CC(C3)C1)C2)N1CCCC1C1CCCCC1. The first-order valence-corrected chi connectivity index (χ1v) is 11.7. The van der Waals surface area contributed by atoms with Crippen LogP contribution in [-0.2, 0) is 9.59 Å². The van der Waals surface area contributed by atoms with E-state index in [9.17, 15) is 9.59 Å². The maximum Gasteiger partial charge on any atom is 0.242 e. The zero-order valence-electron chi connectivity index (χ0n) is 16.8. The van der Waals surface area contributed by atoms with Gasteiger partial charge in [-0.25, -0.2) is 0 Å². The number of likely N-dealkylation sites (tertiary alicyclic amines) is 1. The van der Waals surface area contributed by atoms with Gasteiger partial charge in [0, 0.05) is 18.0 Å². The smallest absolute Gasteiger partial charge is 0.242 e. The van der Waals surface area contributed by atoms with Crippen LogP contribution in [0.2, 0.25) is 0 Å². The van der Waals surface area contributed by atoms with Gasteiger partial charge in [-0.1, -0.05) is 19.3 Å². The predicted octanol–water partition coefficient (Wildman–Crippen LogP) is 3.89. The lowest BCUT2D eigenvalue weighted by Gasteiger charge is -2.55. The first kappa shape index (κ1) is 18.0. The fourth-order valence-corrected chi connectivity index (χ4v) is 7.94. The first-order valence-electron chi connectivity index (χ1n) is 11.7. The number of hydrogen-bond donors (Lipinski definition) is 1.